The summed E-state index contributed by atoms with van der Waals surface area (Å²) in [6, 6.07) is 16.7. The summed E-state index contributed by atoms with van der Waals surface area (Å²) >= 11 is 5.21. The van der Waals surface area contributed by atoms with E-state index in [1.54, 1.807) is 11.8 Å². The van der Waals surface area contributed by atoms with Crippen LogP contribution in [0.25, 0.3) is 11.4 Å². The molecule has 0 radical (unpaired) electrons. The Labute approximate surface area is 167 Å². The van der Waals surface area contributed by atoms with Crippen LogP contribution in [0.15, 0.2) is 70.8 Å². The van der Waals surface area contributed by atoms with Crippen LogP contribution in [0.5, 0.6) is 0 Å². The Bertz CT molecular complexity index is 904. The summed E-state index contributed by atoms with van der Waals surface area (Å²) in [7, 11) is 4.07. The minimum absolute atomic E-state index is 0.676. The molecule has 0 unspecified atom stereocenters. The van der Waals surface area contributed by atoms with E-state index in [0.717, 1.165) is 32.5 Å². The first kappa shape index (κ1) is 18.7. The molecule has 0 bridgehead atoms. The Morgan fingerprint density at radius 3 is 2.69 bits per heavy atom. The zero-order valence-electron chi connectivity index (χ0n) is 14.9. The van der Waals surface area contributed by atoms with Crippen molar-refractivity contribution >= 4 is 33.4 Å². The second-order valence-corrected chi connectivity index (χ2v) is 7.93. The van der Waals surface area contributed by atoms with E-state index < -0.39 is 0 Å². The van der Waals surface area contributed by atoms with E-state index in [1.807, 2.05) is 38.4 Å². The average molecular weight is 429 g/mol. The number of halogens is 1. The fraction of sp³-hybridized carbons (Fsp3) is 0.200. The van der Waals surface area contributed by atoms with Crippen LogP contribution < -0.4 is 4.90 Å². The van der Waals surface area contributed by atoms with E-state index in [-0.39, 0.29) is 0 Å². The lowest BCUT2D eigenvalue weighted by molar-refractivity contribution is 0.731. The van der Waals surface area contributed by atoms with Gasteiger partial charge in [-0.15, -0.1) is 16.8 Å². The highest BCUT2D eigenvalue weighted by Gasteiger charge is 2.14. The van der Waals surface area contributed by atoms with Gasteiger partial charge in [0.2, 0.25) is 0 Å². The van der Waals surface area contributed by atoms with Crippen LogP contribution in [0.4, 0.5) is 5.69 Å². The van der Waals surface area contributed by atoms with Gasteiger partial charge in [-0.3, -0.25) is 4.57 Å². The molecule has 134 valence electrons. The highest BCUT2D eigenvalue weighted by Crippen LogP contribution is 2.28. The molecule has 0 N–H and O–H groups in total. The van der Waals surface area contributed by atoms with Gasteiger partial charge in [0.25, 0.3) is 0 Å². The number of anilines is 1. The molecule has 0 saturated heterocycles. The third kappa shape index (κ3) is 4.37. The number of thioether (sulfide) groups is 1. The molecule has 0 atom stereocenters. The molecule has 0 spiro atoms. The maximum absolute atomic E-state index is 4.45. The first-order valence-corrected chi connectivity index (χ1v) is 10.1. The number of hydrogen-bond donors (Lipinski definition) is 0. The minimum atomic E-state index is 0.676. The van der Waals surface area contributed by atoms with Crippen molar-refractivity contribution in [3.63, 3.8) is 0 Å². The Morgan fingerprint density at radius 2 is 1.96 bits per heavy atom. The molecule has 3 rings (SSSR count). The van der Waals surface area contributed by atoms with E-state index in [0.29, 0.717) is 6.54 Å². The molecule has 0 amide bonds. The lowest BCUT2D eigenvalue weighted by Crippen LogP contribution is -2.08. The second-order valence-electron chi connectivity index (χ2n) is 6.07. The topological polar surface area (TPSA) is 34.0 Å². The van der Waals surface area contributed by atoms with Gasteiger partial charge in [-0.05, 0) is 29.8 Å². The van der Waals surface area contributed by atoms with Gasteiger partial charge in [-0.1, -0.05) is 58.0 Å². The van der Waals surface area contributed by atoms with Crippen LogP contribution in [-0.2, 0) is 12.3 Å². The molecule has 3 aromatic rings. The van der Waals surface area contributed by atoms with Gasteiger partial charge in [0.1, 0.15) is 0 Å². The molecule has 0 fully saturated rings. The lowest BCUT2D eigenvalue weighted by Gasteiger charge is -2.14. The minimum Gasteiger partial charge on any atom is -0.378 e. The third-order valence-electron chi connectivity index (χ3n) is 3.91. The number of hydrogen-bond acceptors (Lipinski definition) is 4. The predicted molar refractivity (Wildman–Crippen MR) is 114 cm³/mol. The van der Waals surface area contributed by atoms with Crippen LogP contribution in [0, 0.1) is 0 Å². The zero-order chi connectivity index (χ0) is 18.5. The molecule has 6 heteroatoms. The van der Waals surface area contributed by atoms with Crippen LogP contribution in [0.3, 0.4) is 0 Å². The van der Waals surface area contributed by atoms with Gasteiger partial charge in [0.15, 0.2) is 11.0 Å². The molecule has 2 aromatic carbocycles. The summed E-state index contributed by atoms with van der Waals surface area (Å²) in [5.41, 5.74) is 3.44. The Morgan fingerprint density at radius 1 is 1.15 bits per heavy atom. The second kappa shape index (κ2) is 8.56. The standard InChI is InChI=1S/C20H21BrN4S/c1-4-11-25-19(16-8-6-10-18(13-16)24(2)3)22-23-20(25)26-14-15-7-5-9-17(21)12-15/h4-10,12-13H,1,11,14H2,2-3H3. The van der Waals surface area contributed by atoms with Crippen molar-refractivity contribution in [1.29, 1.82) is 0 Å². The van der Waals surface area contributed by atoms with Crippen molar-refractivity contribution in [3.8, 4) is 11.4 Å². The van der Waals surface area contributed by atoms with Crippen LogP contribution >= 0.6 is 27.7 Å². The highest BCUT2D eigenvalue weighted by molar-refractivity contribution is 9.10. The van der Waals surface area contributed by atoms with Gasteiger partial charge in [-0.2, -0.15) is 0 Å². The Kier molecular flexibility index (Phi) is 6.16. The lowest BCUT2D eigenvalue weighted by atomic mass is 10.2. The number of nitrogens with zero attached hydrogens (tertiary/aromatic N) is 4. The number of rotatable bonds is 7. The van der Waals surface area contributed by atoms with E-state index in [2.05, 4.69) is 72.5 Å². The van der Waals surface area contributed by atoms with E-state index in [1.165, 1.54) is 5.56 Å². The Balaban J connectivity index is 1.88. The normalized spacial score (nSPS) is 10.7. The van der Waals surface area contributed by atoms with Crippen molar-refractivity contribution in [2.24, 2.45) is 0 Å². The average Bonchev–Trinajstić information content (AvgIpc) is 3.03. The van der Waals surface area contributed by atoms with Gasteiger partial charge in [0, 0.05) is 42.1 Å². The van der Waals surface area contributed by atoms with Crippen molar-refractivity contribution in [2.45, 2.75) is 17.5 Å². The van der Waals surface area contributed by atoms with Crippen LogP contribution in [-0.4, -0.2) is 28.9 Å². The van der Waals surface area contributed by atoms with E-state index in [9.17, 15) is 0 Å². The van der Waals surface area contributed by atoms with Crippen LogP contribution in [0.2, 0.25) is 0 Å². The highest BCUT2D eigenvalue weighted by atomic mass is 79.9. The van der Waals surface area contributed by atoms with Crippen molar-refractivity contribution < 1.29 is 0 Å². The van der Waals surface area contributed by atoms with Gasteiger partial charge < -0.3 is 4.90 Å². The van der Waals surface area contributed by atoms with Gasteiger partial charge in [0.05, 0.1) is 0 Å². The maximum Gasteiger partial charge on any atom is 0.192 e. The molecule has 4 nitrogen and oxygen atoms in total. The first-order valence-electron chi connectivity index (χ1n) is 8.27. The summed E-state index contributed by atoms with van der Waals surface area (Å²) in [4.78, 5) is 2.08. The maximum atomic E-state index is 4.45. The monoisotopic (exact) mass is 428 g/mol. The largest absolute Gasteiger partial charge is 0.378 e. The molecule has 1 heterocycles. The number of aromatic nitrogens is 3. The van der Waals surface area contributed by atoms with Crippen molar-refractivity contribution in [1.82, 2.24) is 14.8 Å². The Hall–Kier alpha value is -2.05. The molecule has 0 aliphatic heterocycles. The predicted octanol–water partition coefficient (Wildman–Crippen LogP) is 5.25. The fourth-order valence-electron chi connectivity index (χ4n) is 2.60. The van der Waals surface area contributed by atoms with Crippen molar-refractivity contribution in [2.75, 3.05) is 19.0 Å². The fourth-order valence-corrected chi connectivity index (χ4v) is 3.94. The summed E-state index contributed by atoms with van der Waals surface area (Å²) < 4.78 is 3.20. The smallest absolute Gasteiger partial charge is 0.192 e. The molecule has 26 heavy (non-hydrogen) atoms. The molecule has 1 aromatic heterocycles. The van der Waals surface area contributed by atoms with Crippen molar-refractivity contribution in [3.05, 3.63) is 71.2 Å². The summed E-state index contributed by atoms with van der Waals surface area (Å²) in [6.45, 7) is 4.56. The summed E-state index contributed by atoms with van der Waals surface area (Å²) in [5, 5.41) is 9.78. The molecular weight excluding hydrogens is 408 g/mol. The molecule has 0 aliphatic carbocycles. The van der Waals surface area contributed by atoms with Gasteiger partial charge >= 0.3 is 0 Å². The zero-order valence-corrected chi connectivity index (χ0v) is 17.3. The molecular formula is C20H21BrN4S. The summed E-state index contributed by atoms with van der Waals surface area (Å²) in [5.74, 6) is 1.71. The molecule has 0 aliphatic rings. The first-order chi connectivity index (χ1) is 12.6. The summed E-state index contributed by atoms with van der Waals surface area (Å²) in [6.07, 6.45) is 1.88. The SMILES string of the molecule is C=CCn1c(SCc2cccc(Br)c2)nnc1-c1cccc(N(C)C)c1. The van der Waals surface area contributed by atoms with Gasteiger partial charge in [-0.25, -0.2) is 0 Å². The number of allylic oxidation sites excluding steroid dienone is 1. The molecule has 0 saturated carbocycles. The number of benzene rings is 2. The van der Waals surface area contributed by atoms with E-state index in [4.69, 9.17) is 0 Å². The van der Waals surface area contributed by atoms with Crippen LogP contribution in [0.1, 0.15) is 5.56 Å². The quantitative estimate of drug-likeness (QED) is 0.380. The van der Waals surface area contributed by atoms with E-state index >= 15 is 0 Å². The third-order valence-corrected chi connectivity index (χ3v) is 5.44.